The van der Waals surface area contributed by atoms with Crippen LogP contribution in [0.4, 0.5) is 5.95 Å². The first-order valence-corrected chi connectivity index (χ1v) is 12.2. The SMILES string of the molecule is Cn1c(N2CCN(C(=O)/C=C/c3ccc(Cl)cc3)CC2)nc2sc3c(c2c1=O)CCCC3. The van der Waals surface area contributed by atoms with E-state index in [4.69, 9.17) is 16.6 Å². The van der Waals surface area contributed by atoms with E-state index in [0.29, 0.717) is 37.1 Å². The molecule has 1 amide bonds. The van der Waals surface area contributed by atoms with Crippen LogP contribution in [0.5, 0.6) is 0 Å². The second kappa shape index (κ2) is 8.71. The molecule has 1 fully saturated rings. The summed E-state index contributed by atoms with van der Waals surface area (Å²) in [6.45, 7) is 2.49. The van der Waals surface area contributed by atoms with Crippen LogP contribution in [-0.2, 0) is 24.7 Å². The molecule has 8 heteroatoms. The maximum absolute atomic E-state index is 13.2. The molecule has 3 aromatic rings. The van der Waals surface area contributed by atoms with Gasteiger partial charge in [0.05, 0.1) is 5.39 Å². The van der Waals surface area contributed by atoms with Crippen molar-refractivity contribution < 1.29 is 4.79 Å². The molecule has 2 aliphatic rings. The van der Waals surface area contributed by atoms with Crippen LogP contribution in [0.25, 0.3) is 16.3 Å². The van der Waals surface area contributed by atoms with Crippen LogP contribution >= 0.6 is 22.9 Å². The molecule has 166 valence electrons. The lowest BCUT2D eigenvalue weighted by Crippen LogP contribution is -2.49. The molecule has 0 spiro atoms. The molecule has 3 heterocycles. The van der Waals surface area contributed by atoms with E-state index in [2.05, 4.69) is 4.90 Å². The molecule has 1 aromatic carbocycles. The topological polar surface area (TPSA) is 58.4 Å². The zero-order valence-corrected chi connectivity index (χ0v) is 19.6. The minimum atomic E-state index is -0.0113. The van der Waals surface area contributed by atoms with Crippen molar-refractivity contribution in [3.05, 3.63) is 61.7 Å². The van der Waals surface area contributed by atoms with Crippen LogP contribution in [0.1, 0.15) is 28.8 Å². The van der Waals surface area contributed by atoms with Gasteiger partial charge in [0.1, 0.15) is 4.83 Å². The van der Waals surface area contributed by atoms with Crippen molar-refractivity contribution in [1.82, 2.24) is 14.5 Å². The summed E-state index contributed by atoms with van der Waals surface area (Å²) in [7, 11) is 1.81. The van der Waals surface area contributed by atoms with E-state index in [1.54, 1.807) is 22.0 Å². The van der Waals surface area contributed by atoms with Gasteiger partial charge >= 0.3 is 0 Å². The van der Waals surface area contributed by atoms with Crippen LogP contribution in [0.3, 0.4) is 0 Å². The summed E-state index contributed by atoms with van der Waals surface area (Å²) in [5.74, 6) is 0.688. The normalized spacial score (nSPS) is 16.7. The number of rotatable bonds is 3. The highest BCUT2D eigenvalue weighted by atomic mass is 35.5. The Morgan fingerprint density at radius 2 is 1.81 bits per heavy atom. The van der Waals surface area contributed by atoms with E-state index in [0.717, 1.165) is 35.0 Å². The Bertz CT molecular complexity index is 1250. The van der Waals surface area contributed by atoms with E-state index in [-0.39, 0.29) is 11.5 Å². The molecule has 0 atom stereocenters. The summed E-state index contributed by atoms with van der Waals surface area (Å²) < 4.78 is 1.68. The fourth-order valence-corrected chi connectivity index (χ4v) is 5.90. The summed E-state index contributed by atoms with van der Waals surface area (Å²) in [6, 6.07) is 7.38. The van der Waals surface area contributed by atoms with Crippen molar-refractivity contribution in [3.63, 3.8) is 0 Å². The number of piperazine rings is 1. The monoisotopic (exact) mass is 468 g/mol. The molecule has 2 aromatic heterocycles. The number of hydrogen-bond donors (Lipinski definition) is 0. The summed E-state index contributed by atoms with van der Waals surface area (Å²) >= 11 is 7.59. The molecule has 32 heavy (non-hydrogen) atoms. The maximum atomic E-state index is 13.2. The standard InChI is InChI=1S/C24H25ClN4O2S/c1-27-23(31)21-18-4-2-3-5-19(18)32-22(21)26-24(27)29-14-12-28(13-15-29)20(30)11-8-16-6-9-17(25)10-7-16/h6-11H,2-5,12-15H2,1H3/b11-8+. The van der Waals surface area contributed by atoms with E-state index in [1.165, 1.54) is 16.9 Å². The van der Waals surface area contributed by atoms with Crippen LogP contribution in [-0.4, -0.2) is 46.5 Å². The highest BCUT2D eigenvalue weighted by molar-refractivity contribution is 7.18. The maximum Gasteiger partial charge on any atom is 0.263 e. The van der Waals surface area contributed by atoms with Gasteiger partial charge in [0.2, 0.25) is 11.9 Å². The fraction of sp³-hybridized carbons (Fsp3) is 0.375. The lowest BCUT2D eigenvalue weighted by Gasteiger charge is -2.35. The van der Waals surface area contributed by atoms with Gasteiger partial charge in [-0.05, 0) is 55.0 Å². The minimum absolute atomic E-state index is 0.0113. The number of amides is 1. The van der Waals surface area contributed by atoms with Gasteiger partial charge in [-0.25, -0.2) is 4.98 Å². The molecule has 0 unspecified atom stereocenters. The Morgan fingerprint density at radius 3 is 2.56 bits per heavy atom. The second-order valence-electron chi connectivity index (χ2n) is 8.36. The molecular weight excluding hydrogens is 444 g/mol. The number of aromatic nitrogens is 2. The van der Waals surface area contributed by atoms with Gasteiger partial charge in [-0.3, -0.25) is 14.2 Å². The largest absolute Gasteiger partial charge is 0.339 e. The third kappa shape index (κ3) is 3.95. The molecule has 0 saturated carbocycles. The Morgan fingerprint density at radius 1 is 1.09 bits per heavy atom. The van der Waals surface area contributed by atoms with Gasteiger partial charge < -0.3 is 9.80 Å². The first-order valence-electron chi connectivity index (χ1n) is 11.0. The second-order valence-corrected chi connectivity index (χ2v) is 9.88. The predicted molar refractivity (Wildman–Crippen MR) is 131 cm³/mol. The van der Waals surface area contributed by atoms with Crippen molar-refractivity contribution in [2.24, 2.45) is 7.05 Å². The average Bonchev–Trinajstić information content (AvgIpc) is 3.19. The quantitative estimate of drug-likeness (QED) is 0.547. The Labute approximate surface area is 195 Å². The van der Waals surface area contributed by atoms with E-state index < -0.39 is 0 Å². The number of aryl methyl sites for hydroxylation is 2. The molecule has 0 radical (unpaired) electrons. The number of anilines is 1. The predicted octanol–water partition coefficient (Wildman–Crippen LogP) is 3.89. The summed E-state index contributed by atoms with van der Waals surface area (Å²) in [5, 5.41) is 1.49. The Hall–Kier alpha value is -2.64. The Balaban J connectivity index is 1.30. The van der Waals surface area contributed by atoms with Crippen LogP contribution in [0.15, 0.2) is 35.1 Å². The minimum Gasteiger partial charge on any atom is -0.339 e. The van der Waals surface area contributed by atoms with Crippen molar-refractivity contribution >= 4 is 51.1 Å². The third-order valence-corrected chi connectivity index (χ3v) is 7.77. The van der Waals surface area contributed by atoms with Crippen molar-refractivity contribution in [3.8, 4) is 0 Å². The van der Waals surface area contributed by atoms with Crippen molar-refractivity contribution in [1.29, 1.82) is 0 Å². The summed E-state index contributed by atoms with van der Waals surface area (Å²) in [6.07, 6.45) is 7.79. The van der Waals surface area contributed by atoms with Crippen molar-refractivity contribution in [2.45, 2.75) is 25.7 Å². The molecule has 1 aliphatic heterocycles. The smallest absolute Gasteiger partial charge is 0.263 e. The van der Waals surface area contributed by atoms with Crippen LogP contribution in [0, 0.1) is 0 Å². The number of benzene rings is 1. The number of halogens is 1. The van der Waals surface area contributed by atoms with E-state index >= 15 is 0 Å². The summed E-state index contributed by atoms with van der Waals surface area (Å²) in [5.41, 5.74) is 2.21. The first-order chi connectivity index (χ1) is 15.5. The first kappa shape index (κ1) is 21.2. The van der Waals surface area contributed by atoms with E-state index in [1.807, 2.05) is 42.3 Å². The number of carbonyl (C=O) groups is 1. The molecule has 6 nitrogen and oxygen atoms in total. The van der Waals surface area contributed by atoms with Crippen molar-refractivity contribution in [2.75, 3.05) is 31.1 Å². The number of fused-ring (bicyclic) bond motifs is 3. The van der Waals surface area contributed by atoms with Gasteiger partial charge in [0.25, 0.3) is 5.56 Å². The molecular formula is C24H25ClN4O2S. The molecule has 0 bridgehead atoms. The number of thiophene rings is 1. The zero-order chi connectivity index (χ0) is 22.2. The average molecular weight is 469 g/mol. The summed E-state index contributed by atoms with van der Waals surface area (Å²) in [4.78, 5) is 36.8. The molecule has 0 N–H and O–H groups in total. The van der Waals surface area contributed by atoms with E-state index in [9.17, 15) is 9.59 Å². The van der Waals surface area contributed by atoms with Crippen LogP contribution < -0.4 is 10.5 Å². The lowest BCUT2D eigenvalue weighted by molar-refractivity contribution is -0.126. The number of carbonyl (C=O) groups excluding carboxylic acids is 1. The van der Waals surface area contributed by atoms with Gasteiger partial charge in [0, 0.05) is 49.2 Å². The molecule has 5 rings (SSSR count). The molecule has 1 saturated heterocycles. The fourth-order valence-electron chi connectivity index (χ4n) is 4.53. The number of hydrogen-bond acceptors (Lipinski definition) is 5. The highest BCUT2D eigenvalue weighted by Crippen LogP contribution is 2.34. The van der Waals surface area contributed by atoms with Gasteiger partial charge in [-0.1, -0.05) is 23.7 Å². The highest BCUT2D eigenvalue weighted by Gasteiger charge is 2.25. The zero-order valence-electron chi connectivity index (χ0n) is 18.0. The van der Waals surface area contributed by atoms with Gasteiger partial charge in [0.15, 0.2) is 0 Å². The van der Waals surface area contributed by atoms with Crippen LogP contribution in [0.2, 0.25) is 5.02 Å². The Kier molecular flexibility index (Phi) is 5.78. The number of nitrogens with zero attached hydrogens (tertiary/aromatic N) is 4. The van der Waals surface area contributed by atoms with Gasteiger partial charge in [-0.15, -0.1) is 11.3 Å². The molecule has 1 aliphatic carbocycles. The van der Waals surface area contributed by atoms with Gasteiger partial charge in [-0.2, -0.15) is 0 Å². The third-order valence-electron chi connectivity index (χ3n) is 6.34. The lowest BCUT2D eigenvalue weighted by atomic mass is 9.97.